The van der Waals surface area contributed by atoms with E-state index in [9.17, 15) is 0 Å². The highest BCUT2D eigenvalue weighted by atomic mass is 31.1. The van der Waals surface area contributed by atoms with E-state index in [4.69, 9.17) is 0 Å². The molecule has 0 saturated carbocycles. The first kappa shape index (κ1) is 4.59. The van der Waals surface area contributed by atoms with Crippen LogP contribution in [0, 0.1) is 0 Å². The minimum absolute atomic E-state index is 1.09. The van der Waals surface area contributed by atoms with Gasteiger partial charge in [0.1, 0.15) is 0 Å². The van der Waals surface area contributed by atoms with Crippen molar-refractivity contribution in [2.45, 2.75) is 0 Å². The van der Waals surface area contributed by atoms with Gasteiger partial charge >= 0.3 is 0 Å². The largest absolute Gasteiger partial charge is 0.264 e. The average Bonchev–Trinajstić information content (AvgIpc) is 1.37. The summed E-state index contributed by atoms with van der Waals surface area (Å²) in [5.74, 6) is 0. The van der Waals surface area contributed by atoms with Crippen LogP contribution in [-0.4, -0.2) is 7.57 Å². The second-order valence-corrected chi connectivity index (χ2v) is 1.64. The van der Waals surface area contributed by atoms with E-state index in [0.717, 1.165) is 8.25 Å². The summed E-state index contributed by atoms with van der Waals surface area (Å²) in [7, 11) is 5.32. The third-order valence-corrected chi connectivity index (χ3v) is 1.04. The molecular weight excluding hydrogens is 86.8 g/mol. The van der Waals surface area contributed by atoms with Gasteiger partial charge in [0, 0.05) is 0 Å². The lowest BCUT2D eigenvalue weighted by Gasteiger charge is -1.51. The van der Waals surface area contributed by atoms with Gasteiger partial charge in [-0.15, -0.1) is 0 Å². The summed E-state index contributed by atoms with van der Waals surface area (Å²) in [5, 5.41) is 0. The van der Waals surface area contributed by atoms with Crippen molar-refractivity contribution in [2.75, 3.05) is 0 Å². The van der Waals surface area contributed by atoms with Gasteiger partial charge in [-0.2, -0.15) is 0 Å². The van der Waals surface area contributed by atoms with Gasteiger partial charge < -0.3 is 0 Å². The summed E-state index contributed by atoms with van der Waals surface area (Å²) >= 11 is 0. The van der Waals surface area contributed by atoms with Crippen LogP contribution in [0.15, 0.2) is 4.52 Å². The van der Waals surface area contributed by atoms with Gasteiger partial charge in [-0.05, 0) is 9.39 Å². The Morgan fingerprint density at radius 2 is 2.25 bits per heavy atom. The van der Waals surface area contributed by atoms with Crippen LogP contribution in [0.1, 0.15) is 0 Å². The molecule has 0 rings (SSSR count). The molecule has 0 bridgehead atoms. The van der Waals surface area contributed by atoms with Crippen LogP contribution in [-0.2, 0) is 0 Å². The Kier molecular flexibility index (Phi) is 4.13. The minimum Gasteiger partial charge on any atom is -0.264 e. The van der Waals surface area contributed by atoms with Gasteiger partial charge in [-0.3, -0.25) is 4.52 Å². The quantitative estimate of drug-likeness (QED) is 0.303. The van der Waals surface area contributed by atoms with Gasteiger partial charge in [0.25, 0.3) is 0 Å². The number of rotatable bonds is 0. The third-order valence-electron chi connectivity index (χ3n) is 0.115. The fraction of sp³-hybridized carbons (Fsp3) is 0. The van der Waals surface area contributed by atoms with E-state index >= 15 is 0 Å². The molecule has 0 spiro atoms. The third kappa shape index (κ3) is 2.59. The average molecular weight is 90.8 g/mol. The maximum Gasteiger partial charge on any atom is 0.191 e. The van der Waals surface area contributed by atoms with Gasteiger partial charge in [0.15, 0.2) is 7.57 Å². The number of hydrogen-bond donors (Lipinski definition) is 0. The topological polar surface area (TPSA) is 12.4 Å². The van der Waals surface area contributed by atoms with Gasteiger partial charge in [0.2, 0.25) is 0 Å². The molecule has 0 heterocycles. The maximum absolute atomic E-state index is 3.62. The van der Waals surface area contributed by atoms with E-state index in [1.165, 1.54) is 0 Å². The Labute approximate surface area is 30.7 Å². The normalized spacial score (nSPS) is 9.25. The van der Waals surface area contributed by atoms with Crippen molar-refractivity contribution in [2.24, 2.45) is 4.52 Å². The maximum atomic E-state index is 3.62. The zero-order valence-electron chi connectivity index (χ0n) is 2.47. The molecule has 4 heteroatoms. The Bertz CT molecular complexity index is 21.2. The molecule has 0 radical (unpaired) electrons. The SMILES string of the molecule is B/P=N/P. The van der Waals surface area contributed by atoms with Crippen LogP contribution >= 0.6 is 17.6 Å². The highest BCUT2D eigenvalue weighted by Gasteiger charge is 1.36. The summed E-state index contributed by atoms with van der Waals surface area (Å²) in [6, 6.07) is 0. The Balaban J connectivity index is 2.55. The van der Waals surface area contributed by atoms with Crippen LogP contribution in [0.4, 0.5) is 0 Å². The van der Waals surface area contributed by atoms with Crippen LogP contribution in [0.25, 0.3) is 0 Å². The lowest BCUT2D eigenvalue weighted by Crippen LogP contribution is -1.12. The summed E-state index contributed by atoms with van der Waals surface area (Å²) in [4.78, 5) is 0. The lowest BCUT2D eigenvalue weighted by molar-refractivity contribution is 2.11. The minimum atomic E-state index is 1.09. The van der Waals surface area contributed by atoms with Crippen molar-refractivity contribution in [3.8, 4) is 0 Å². The first-order chi connectivity index (χ1) is 1.91. The fourth-order valence-corrected chi connectivity index (χ4v) is 0. The van der Waals surface area contributed by atoms with Crippen LogP contribution in [0.5, 0.6) is 0 Å². The molecule has 0 aromatic rings. The van der Waals surface area contributed by atoms with Gasteiger partial charge in [0.05, 0.1) is 0 Å². The predicted octanol–water partition coefficient (Wildman–Crippen LogP) is 0.454. The smallest absolute Gasteiger partial charge is 0.191 e. The molecule has 0 saturated heterocycles. The van der Waals surface area contributed by atoms with Crippen LogP contribution in [0.3, 0.4) is 0 Å². The van der Waals surface area contributed by atoms with E-state index in [-0.39, 0.29) is 0 Å². The van der Waals surface area contributed by atoms with Crippen molar-refractivity contribution in [3.05, 3.63) is 0 Å². The Hall–Kier alpha value is 0.595. The standard InChI is InChI=1S/BH4NP2/c1-4-2-3/h1,3H2. The highest BCUT2D eigenvalue weighted by Crippen LogP contribution is 1.92. The summed E-state index contributed by atoms with van der Waals surface area (Å²) in [5.41, 5.74) is 0. The molecule has 0 aromatic heterocycles. The van der Waals surface area contributed by atoms with E-state index in [2.05, 4.69) is 13.9 Å². The molecule has 0 aliphatic rings. The molecule has 22 valence electrons. The Morgan fingerprint density at radius 3 is 2.25 bits per heavy atom. The highest BCUT2D eigenvalue weighted by molar-refractivity contribution is 7.60. The summed E-state index contributed by atoms with van der Waals surface area (Å²) in [6.07, 6.45) is 0. The van der Waals surface area contributed by atoms with E-state index < -0.39 is 0 Å². The van der Waals surface area contributed by atoms with Crippen LogP contribution < -0.4 is 0 Å². The predicted molar refractivity (Wildman–Crippen MR) is 27.6 cm³/mol. The molecule has 0 aliphatic carbocycles. The zero-order chi connectivity index (χ0) is 3.41. The summed E-state index contributed by atoms with van der Waals surface area (Å²) in [6.45, 7) is 0. The summed E-state index contributed by atoms with van der Waals surface area (Å²) < 4.78 is 3.62. The van der Waals surface area contributed by atoms with Crippen molar-refractivity contribution >= 4 is 25.2 Å². The van der Waals surface area contributed by atoms with Crippen molar-refractivity contribution in [1.29, 1.82) is 0 Å². The van der Waals surface area contributed by atoms with Gasteiger partial charge in [-0.1, -0.05) is 8.25 Å². The van der Waals surface area contributed by atoms with E-state index in [1.54, 1.807) is 0 Å². The Morgan fingerprint density at radius 1 is 2.00 bits per heavy atom. The molecular formula is H4BNP2. The molecule has 1 unspecified atom stereocenters. The molecule has 1 nitrogen and oxygen atoms in total. The molecule has 4 heavy (non-hydrogen) atoms. The van der Waals surface area contributed by atoms with Crippen LogP contribution in [0.2, 0.25) is 0 Å². The van der Waals surface area contributed by atoms with E-state index in [1.807, 2.05) is 7.57 Å². The molecule has 1 atom stereocenters. The molecule has 0 aromatic carbocycles. The first-order valence-electron chi connectivity index (χ1n) is 0.905. The van der Waals surface area contributed by atoms with E-state index in [0.29, 0.717) is 0 Å². The fourth-order valence-electron chi connectivity index (χ4n) is 0. The van der Waals surface area contributed by atoms with Crippen molar-refractivity contribution in [1.82, 2.24) is 0 Å². The first-order valence-corrected chi connectivity index (χ1v) is 2.72. The monoisotopic (exact) mass is 91.0 g/mol. The lowest BCUT2D eigenvalue weighted by atomic mass is 10.8. The number of nitrogens with zero attached hydrogens (tertiary/aromatic N) is 1. The second-order valence-electron chi connectivity index (χ2n) is 0.315. The second kappa shape index (κ2) is 3.59. The van der Waals surface area contributed by atoms with Crippen molar-refractivity contribution < 1.29 is 0 Å². The molecule has 0 aliphatic heterocycles. The zero-order valence-corrected chi connectivity index (χ0v) is 4.52. The van der Waals surface area contributed by atoms with Gasteiger partial charge in [-0.25, -0.2) is 0 Å². The molecule has 0 amide bonds. The van der Waals surface area contributed by atoms with Crippen molar-refractivity contribution in [3.63, 3.8) is 0 Å². The molecule has 0 N–H and O–H groups in total. The molecule has 0 fully saturated rings. The number of hydrogen-bond acceptors (Lipinski definition) is 1.